The monoisotopic (exact) mass is 414 g/mol. The number of unbranched alkanes of at least 4 members (excludes halogenated alkanes) is 10. The molecule has 0 unspecified atom stereocenters. The first-order valence-corrected chi connectivity index (χ1v) is 13.5. The molecule has 3 rings (SSSR count). The number of rotatable bonds is 14. The van der Waals surface area contributed by atoms with Crippen LogP contribution in [0.15, 0.2) is 22.9 Å². The van der Waals surface area contributed by atoms with Crippen LogP contribution < -0.4 is 0 Å². The Morgan fingerprint density at radius 2 is 0.929 bits per heavy atom. The van der Waals surface area contributed by atoms with Gasteiger partial charge in [-0.15, -0.1) is 22.7 Å². The van der Waals surface area contributed by atoms with Crippen LogP contribution in [0.4, 0.5) is 0 Å². The maximum absolute atomic E-state index is 2.49. The molecule has 0 fully saturated rings. The highest BCUT2D eigenvalue weighted by atomic mass is 32.1. The van der Waals surface area contributed by atoms with Gasteiger partial charge in [-0.3, -0.25) is 0 Å². The summed E-state index contributed by atoms with van der Waals surface area (Å²) in [5, 5.41) is 7.90. The lowest BCUT2D eigenvalue weighted by Gasteiger charge is -2.03. The number of hydrogen-bond donors (Lipinski definition) is 0. The summed E-state index contributed by atoms with van der Waals surface area (Å²) in [6, 6.07) is 4.98. The fourth-order valence-corrected chi connectivity index (χ4v) is 6.27. The SMILES string of the molecule is CCCCCCCCc1csc2cc3c(CCCCCCCC)csc3cc12. The average molecular weight is 415 g/mol. The van der Waals surface area contributed by atoms with Crippen LogP contribution in [0.5, 0.6) is 0 Å². The van der Waals surface area contributed by atoms with Crippen molar-refractivity contribution in [2.45, 2.75) is 104 Å². The molecule has 0 saturated carbocycles. The molecule has 0 spiro atoms. The first kappa shape index (κ1) is 21.8. The maximum Gasteiger partial charge on any atom is 0.0352 e. The van der Waals surface area contributed by atoms with Crippen molar-refractivity contribution in [3.05, 3.63) is 34.0 Å². The molecule has 3 aromatic rings. The summed E-state index contributed by atoms with van der Waals surface area (Å²) in [6.45, 7) is 4.59. The van der Waals surface area contributed by atoms with Crippen LogP contribution in [0.3, 0.4) is 0 Å². The third-order valence-electron chi connectivity index (χ3n) is 6.03. The van der Waals surface area contributed by atoms with Gasteiger partial charge >= 0.3 is 0 Å². The van der Waals surface area contributed by atoms with Gasteiger partial charge in [0.25, 0.3) is 0 Å². The van der Waals surface area contributed by atoms with E-state index in [9.17, 15) is 0 Å². The predicted octanol–water partition coefficient (Wildman–Crippen LogP) is 9.92. The van der Waals surface area contributed by atoms with Crippen molar-refractivity contribution in [2.24, 2.45) is 0 Å². The van der Waals surface area contributed by atoms with Gasteiger partial charge in [-0.25, -0.2) is 0 Å². The highest BCUT2D eigenvalue weighted by Crippen LogP contribution is 2.36. The molecule has 0 amide bonds. The predicted molar refractivity (Wildman–Crippen MR) is 131 cm³/mol. The zero-order valence-corrected chi connectivity index (χ0v) is 19.7. The molecule has 0 atom stereocenters. The Kier molecular flexibility index (Phi) is 9.34. The van der Waals surface area contributed by atoms with Gasteiger partial charge in [0.05, 0.1) is 0 Å². The van der Waals surface area contributed by atoms with Gasteiger partial charge in [0.15, 0.2) is 0 Å². The Morgan fingerprint density at radius 1 is 0.536 bits per heavy atom. The number of benzene rings is 1. The second kappa shape index (κ2) is 12.0. The van der Waals surface area contributed by atoms with Gasteiger partial charge in [0, 0.05) is 9.40 Å². The second-order valence-corrected chi connectivity index (χ2v) is 10.2. The minimum Gasteiger partial charge on any atom is -0.143 e. The lowest BCUT2D eigenvalue weighted by Crippen LogP contribution is -1.86. The van der Waals surface area contributed by atoms with E-state index in [1.165, 1.54) is 110 Å². The van der Waals surface area contributed by atoms with Crippen molar-refractivity contribution in [3.63, 3.8) is 0 Å². The summed E-state index contributed by atoms with van der Waals surface area (Å²) in [5.74, 6) is 0. The number of aryl methyl sites for hydroxylation is 2. The maximum atomic E-state index is 2.49. The summed E-state index contributed by atoms with van der Waals surface area (Å²) in [4.78, 5) is 0. The quantitative estimate of drug-likeness (QED) is 0.230. The summed E-state index contributed by atoms with van der Waals surface area (Å²) >= 11 is 3.91. The number of thiophene rings is 2. The van der Waals surface area contributed by atoms with E-state index in [0.29, 0.717) is 0 Å². The minimum absolute atomic E-state index is 1.26. The molecule has 154 valence electrons. The molecule has 2 aromatic heterocycles. The molecule has 0 radical (unpaired) electrons. The Labute approximate surface area is 180 Å². The van der Waals surface area contributed by atoms with E-state index in [1.807, 2.05) is 22.7 Å². The van der Waals surface area contributed by atoms with Crippen LogP contribution >= 0.6 is 22.7 Å². The summed E-state index contributed by atoms with van der Waals surface area (Å²) in [5.41, 5.74) is 3.17. The Morgan fingerprint density at radius 3 is 1.36 bits per heavy atom. The largest absolute Gasteiger partial charge is 0.143 e. The van der Waals surface area contributed by atoms with Crippen LogP contribution in [0.1, 0.15) is 102 Å². The van der Waals surface area contributed by atoms with Crippen LogP contribution in [0, 0.1) is 0 Å². The van der Waals surface area contributed by atoms with Crippen LogP contribution in [0.25, 0.3) is 20.2 Å². The van der Waals surface area contributed by atoms with Crippen molar-refractivity contribution in [3.8, 4) is 0 Å². The molecule has 0 aliphatic rings. The second-order valence-electron chi connectivity index (χ2n) is 8.40. The van der Waals surface area contributed by atoms with E-state index in [2.05, 4.69) is 36.7 Å². The fraction of sp³-hybridized carbons (Fsp3) is 0.615. The summed E-state index contributed by atoms with van der Waals surface area (Å²) in [7, 11) is 0. The molecule has 0 bridgehead atoms. The van der Waals surface area contributed by atoms with E-state index >= 15 is 0 Å². The van der Waals surface area contributed by atoms with Crippen molar-refractivity contribution in [1.82, 2.24) is 0 Å². The van der Waals surface area contributed by atoms with Crippen LogP contribution in [0.2, 0.25) is 0 Å². The normalized spacial score (nSPS) is 11.8. The van der Waals surface area contributed by atoms with Gasteiger partial charge in [-0.2, -0.15) is 0 Å². The molecular weight excluding hydrogens is 376 g/mol. The molecule has 0 nitrogen and oxygen atoms in total. The van der Waals surface area contributed by atoms with Crippen molar-refractivity contribution < 1.29 is 0 Å². The molecular formula is C26H38S2. The first-order chi connectivity index (χ1) is 13.8. The molecule has 0 aliphatic carbocycles. The van der Waals surface area contributed by atoms with E-state index < -0.39 is 0 Å². The van der Waals surface area contributed by atoms with E-state index in [-0.39, 0.29) is 0 Å². The smallest absolute Gasteiger partial charge is 0.0352 e. The Bertz CT molecular complexity index is 753. The minimum atomic E-state index is 1.26. The average Bonchev–Trinajstić information content (AvgIpc) is 3.29. The standard InChI is InChI=1S/C26H38S2/c1-3-5-7-9-11-13-15-21-19-27-25-18-24-22(16-14-12-10-8-6-4-2)20-28-26(24)17-23(21)25/h17-20H,3-16H2,1-2H3. The van der Waals surface area contributed by atoms with E-state index in [0.717, 1.165) is 0 Å². The van der Waals surface area contributed by atoms with Crippen molar-refractivity contribution in [1.29, 1.82) is 0 Å². The van der Waals surface area contributed by atoms with Gasteiger partial charge in [0.2, 0.25) is 0 Å². The van der Waals surface area contributed by atoms with Gasteiger partial charge in [-0.1, -0.05) is 78.1 Å². The third kappa shape index (κ3) is 6.07. The van der Waals surface area contributed by atoms with Gasteiger partial charge < -0.3 is 0 Å². The number of fused-ring (bicyclic) bond motifs is 2. The van der Waals surface area contributed by atoms with E-state index in [4.69, 9.17) is 0 Å². The lowest BCUT2D eigenvalue weighted by molar-refractivity contribution is 0.608. The molecule has 28 heavy (non-hydrogen) atoms. The summed E-state index contributed by atoms with van der Waals surface area (Å²) < 4.78 is 2.99. The molecule has 2 heterocycles. The van der Waals surface area contributed by atoms with Crippen molar-refractivity contribution in [2.75, 3.05) is 0 Å². The van der Waals surface area contributed by atoms with Crippen molar-refractivity contribution >= 4 is 42.8 Å². The molecule has 2 heteroatoms. The third-order valence-corrected chi connectivity index (χ3v) is 8.02. The molecule has 0 aliphatic heterocycles. The highest BCUT2D eigenvalue weighted by molar-refractivity contribution is 7.19. The van der Waals surface area contributed by atoms with Crippen LogP contribution in [-0.4, -0.2) is 0 Å². The zero-order chi connectivity index (χ0) is 19.6. The Balaban J connectivity index is 1.57. The topological polar surface area (TPSA) is 0 Å². The fourth-order valence-electron chi connectivity index (χ4n) is 4.23. The van der Waals surface area contributed by atoms with E-state index in [1.54, 1.807) is 11.1 Å². The highest BCUT2D eigenvalue weighted by Gasteiger charge is 2.10. The molecule has 0 saturated heterocycles. The van der Waals surface area contributed by atoms with Gasteiger partial charge in [-0.05, 0) is 70.5 Å². The molecule has 0 N–H and O–H groups in total. The Hall–Kier alpha value is -0.860. The number of hydrogen-bond acceptors (Lipinski definition) is 2. The zero-order valence-electron chi connectivity index (χ0n) is 18.0. The lowest BCUT2D eigenvalue weighted by atomic mass is 10.0. The van der Waals surface area contributed by atoms with Gasteiger partial charge in [0.1, 0.15) is 0 Å². The summed E-state index contributed by atoms with van der Waals surface area (Å²) in [6.07, 6.45) is 19.1. The van der Waals surface area contributed by atoms with Crippen LogP contribution in [-0.2, 0) is 12.8 Å². The first-order valence-electron chi connectivity index (χ1n) is 11.7. The molecule has 1 aromatic carbocycles.